The molecule has 2 aliphatic rings. The van der Waals surface area contributed by atoms with Crippen LogP contribution in [0.3, 0.4) is 0 Å². The maximum atomic E-state index is 13.2. The van der Waals surface area contributed by atoms with Gasteiger partial charge in [-0.3, -0.25) is 9.78 Å². The molecule has 3 heterocycles. The van der Waals surface area contributed by atoms with E-state index in [-0.39, 0.29) is 5.91 Å². The van der Waals surface area contributed by atoms with Crippen molar-refractivity contribution in [3.8, 4) is 0 Å². The summed E-state index contributed by atoms with van der Waals surface area (Å²) in [6, 6.07) is 6.66. The molecule has 2 saturated heterocycles. The second kappa shape index (κ2) is 7.69. The molecule has 2 aromatic rings. The van der Waals surface area contributed by atoms with Gasteiger partial charge in [-0.25, -0.2) is 13.1 Å². The number of fused-ring (bicyclic) bond motifs is 1. The maximum absolute atomic E-state index is 13.2. The number of rotatable bonds is 5. The highest BCUT2D eigenvalue weighted by Crippen LogP contribution is 2.29. The largest absolute Gasteiger partial charge is 0.511 e. The SMILES string of the molecule is O=C(c1ccnc2ccc(N3CCC3)cc12)N1CCC[C@H]1CNS(=O)(=O)C(F)(F)F. The van der Waals surface area contributed by atoms with Crippen LogP contribution in [0.1, 0.15) is 29.6 Å². The minimum atomic E-state index is -5.45. The number of carbonyl (C=O) groups is 1. The number of hydrogen-bond donors (Lipinski definition) is 1. The number of halogens is 3. The Labute approximate surface area is 171 Å². The molecule has 162 valence electrons. The van der Waals surface area contributed by atoms with Gasteiger partial charge in [-0.1, -0.05) is 0 Å². The third kappa shape index (κ3) is 3.83. The molecule has 1 N–H and O–H groups in total. The molecule has 7 nitrogen and oxygen atoms in total. The summed E-state index contributed by atoms with van der Waals surface area (Å²) in [4.78, 5) is 21.2. The summed E-state index contributed by atoms with van der Waals surface area (Å²) in [5, 5.41) is 0.674. The van der Waals surface area contributed by atoms with Gasteiger partial charge in [-0.15, -0.1) is 0 Å². The smallest absolute Gasteiger partial charge is 0.371 e. The van der Waals surface area contributed by atoms with Crippen molar-refractivity contribution in [3.63, 3.8) is 0 Å². The van der Waals surface area contributed by atoms with Crippen molar-refractivity contribution < 1.29 is 26.4 Å². The van der Waals surface area contributed by atoms with Gasteiger partial charge in [-0.05, 0) is 43.5 Å². The van der Waals surface area contributed by atoms with Crippen molar-refractivity contribution in [3.05, 3.63) is 36.0 Å². The lowest BCUT2D eigenvalue weighted by atomic mass is 10.0. The first-order valence-corrected chi connectivity index (χ1v) is 11.2. The van der Waals surface area contributed by atoms with Crippen LogP contribution in [0, 0.1) is 0 Å². The monoisotopic (exact) mass is 442 g/mol. The van der Waals surface area contributed by atoms with Crippen LogP contribution in [0.25, 0.3) is 10.9 Å². The number of nitrogens with zero attached hydrogens (tertiary/aromatic N) is 3. The molecule has 30 heavy (non-hydrogen) atoms. The topological polar surface area (TPSA) is 82.6 Å². The van der Waals surface area contributed by atoms with Crippen molar-refractivity contribution in [1.82, 2.24) is 14.6 Å². The van der Waals surface area contributed by atoms with E-state index in [4.69, 9.17) is 0 Å². The summed E-state index contributed by atoms with van der Waals surface area (Å²) >= 11 is 0. The number of likely N-dealkylation sites (tertiary alicyclic amines) is 1. The van der Waals surface area contributed by atoms with E-state index in [9.17, 15) is 26.4 Å². The summed E-state index contributed by atoms with van der Waals surface area (Å²) < 4.78 is 62.0. The number of nitrogens with one attached hydrogen (secondary N) is 1. The Kier molecular flexibility index (Phi) is 5.35. The summed E-state index contributed by atoms with van der Waals surface area (Å²) in [7, 11) is -5.45. The second-order valence-corrected chi connectivity index (χ2v) is 9.25. The van der Waals surface area contributed by atoms with Gasteiger partial charge in [0, 0.05) is 49.5 Å². The Morgan fingerprint density at radius 3 is 2.60 bits per heavy atom. The Balaban J connectivity index is 1.58. The van der Waals surface area contributed by atoms with E-state index < -0.39 is 28.1 Å². The molecule has 1 aromatic carbocycles. The van der Waals surface area contributed by atoms with Crippen molar-refractivity contribution in [2.45, 2.75) is 30.8 Å². The van der Waals surface area contributed by atoms with Crippen molar-refractivity contribution in [2.75, 3.05) is 31.1 Å². The molecule has 0 bridgehead atoms. The zero-order valence-electron chi connectivity index (χ0n) is 16.0. The number of alkyl halides is 3. The standard InChI is InChI=1S/C19H21F3N4O3S/c20-19(21,22)30(28,29)24-12-14-3-1-10-26(14)18(27)15-6-7-23-17-5-4-13(11-16(15)17)25-8-2-9-25/h4-7,11,14,24H,1-3,8-10,12H2/t14-/m0/s1. The molecule has 0 saturated carbocycles. The summed E-state index contributed by atoms with van der Waals surface area (Å²) in [6.45, 7) is 1.77. The number of amides is 1. The number of pyridine rings is 1. The molecule has 1 aromatic heterocycles. The Hall–Kier alpha value is -2.40. The van der Waals surface area contributed by atoms with Gasteiger partial charge in [0.2, 0.25) is 0 Å². The van der Waals surface area contributed by atoms with Gasteiger partial charge in [0.15, 0.2) is 0 Å². The van der Waals surface area contributed by atoms with Crippen molar-refractivity contribution in [1.29, 1.82) is 0 Å². The molecule has 0 unspecified atom stereocenters. The predicted molar refractivity (Wildman–Crippen MR) is 106 cm³/mol. The quantitative estimate of drug-likeness (QED) is 0.770. The molecule has 1 atom stereocenters. The van der Waals surface area contributed by atoms with E-state index >= 15 is 0 Å². The van der Waals surface area contributed by atoms with E-state index in [1.54, 1.807) is 10.8 Å². The molecule has 0 radical (unpaired) electrons. The number of hydrogen-bond acceptors (Lipinski definition) is 5. The number of carbonyl (C=O) groups excluding carboxylic acids is 1. The van der Waals surface area contributed by atoms with E-state index in [0.29, 0.717) is 35.9 Å². The number of anilines is 1. The number of benzene rings is 1. The summed E-state index contributed by atoms with van der Waals surface area (Å²) in [6.07, 6.45) is 3.65. The van der Waals surface area contributed by atoms with Crippen LogP contribution in [0.15, 0.2) is 30.5 Å². The minimum absolute atomic E-state index is 0.336. The average molecular weight is 442 g/mol. The van der Waals surface area contributed by atoms with Gasteiger partial charge in [0.05, 0.1) is 11.1 Å². The molecular formula is C19H21F3N4O3S. The lowest BCUT2D eigenvalue weighted by Crippen LogP contribution is -2.46. The highest BCUT2D eigenvalue weighted by molar-refractivity contribution is 7.90. The van der Waals surface area contributed by atoms with E-state index in [1.165, 1.54) is 11.1 Å². The summed E-state index contributed by atoms with van der Waals surface area (Å²) in [5.41, 5.74) is -3.33. The third-order valence-electron chi connectivity index (χ3n) is 5.63. The maximum Gasteiger partial charge on any atom is 0.511 e. The third-order valence-corrected chi connectivity index (χ3v) is 6.78. The van der Waals surface area contributed by atoms with E-state index in [0.717, 1.165) is 25.2 Å². The van der Waals surface area contributed by atoms with Crippen LogP contribution in [0.4, 0.5) is 18.9 Å². The minimum Gasteiger partial charge on any atom is -0.371 e. The first-order chi connectivity index (χ1) is 14.2. The fourth-order valence-electron chi connectivity index (χ4n) is 3.85. The van der Waals surface area contributed by atoms with Gasteiger partial charge in [0.1, 0.15) is 0 Å². The highest BCUT2D eigenvalue weighted by atomic mass is 32.2. The van der Waals surface area contributed by atoms with Crippen LogP contribution < -0.4 is 9.62 Å². The molecule has 2 aliphatic heterocycles. The van der Waals surface area contributed by atoms with E-state index in [1.807, 2.05) is 18.2 Å². The lowest BCUT2D eigenvalue weighted by molar-refractivity contribution is -0.0448. The first kappa shape index (κ1) is 20.9. The van der Waals surface area contributed by atoms with Crippen LogP contribution >= 0.6 is 0 Å². The van der Waals surface area contributed by atoms with Gasteiger partial charge >= 0.3 is 15.5 Å². The van der Waals surface area contributed by atoms with Gasteiger partial charge in [0.25, 0.3) is 5.91 Å². The van der Waals surface area contributed by atoms with Crippen LogP contribution in [-0.2, 0) is 10.0 Å². The van der Waals surface area contributed by atoms with Crippen molar-refractivity contribution >= 4 is 32.5 Å². The second-order valence-electron chi connectivity index (χ2n) is 7.49. The predicted octanol–water partition coefficient (Wildman–Crippen LogP) is 2.49. The molecule has 2 fully saturated rings. The lowest BCUT2D eigenvalue weighted by Gasteiger charge is -2.33. The number of aromatic nitrogens is 1. The fourth-order valence-corrected chi connectivity index (χ4v) is 4.43. The first-order valence-electron chi connectivity index (χ1n) is 9.68. The Bertz CT molecular complexity index is 1070. The molecule has 0 aliphatic carbocycles. The van der Waals surface area contributed by atoms with Crippen LogP contribution in [0.5, 0.6) is 0 Å². The Morgan fingerprint density at radius 2 is 1.93 bits per heavy atom. The normalized spacial score (nSPS) is 19.9. The highest BCUT2D eigenvalue weighted by Gasteiger charge is 2.46. The molecular weight excluding hydrogens is 421 g/mol. The van der Waals surface area contributed by atoms with E-state index in [2.05, 4.69) is 9.88 Å². The van der Waals surface area contributed by atoms with Gasteiger partial charge in [-0.2, -0.15) is 13.2 Å². The van der Waals surface area contributed by atoms with Crippen molar-refractivity contribution in [2.24, 2.45) is 0 Å². The molecule has 0 spiro atoms. The average Bonchev–Trinajstić information content (AvgIpc) is 3.12. The van der Waals surface area contributed by atoms with Gasteiger partial charge < -0.3 is 9.80 Å². The number of sulfonamides is 1. The zero-order valence-corrected chi connectivity index (χ0v) is 16.8. The molecule has 1 amide bonds. The Morgan fingerprint density at radius 1 is 1.17 bits per heavy atom. The van der Waals surface area contributed by atoms with Crippen LogP contribution in [0.2, 0.25) is 0 Å². The fraction of sp³-hybridized carbons (Fsp3) is 0.474. The molecule has 4 rings (SSSR count). The van der Waals surface area contributed by atoms with Crippen LogP contribution in [-0.4, -0.2) is 61.9 Å². The zero-order chi connectivity index (χ0) is 21.5. The summed E-state index contributed by atoms with van der Waals surface area (Å²) in [5.74, 6) is -0.336. The molecule has 11 heteroatoms.